The Morgan fingerprint density at radius 3 is 2.85 bits per heavy atom. The fourth-order valence-electron chi connectivity index (χ4n) is 3.95. The molecule has 0 aliphatic carbocycles. The van der Waals surface area contributed by atoms with Crippen LogP contribution in [0.25, 0.3) is 10.9 Å². The summed E-state index contributed by atoms with van der Waals surface area (Å²) in [4.78, 5) is 10.7. The molecule has 0 bridgehead atoms. The van der Waals surface area contributed by atoms with Gasteiger partial charge in [-0.1, -0.05) is 53.7 Å². The Kier molecular flexibility index (Phi) is 6.51. The van der Waals surface area contributed by atoms with E-state index in [4.69, 9.17) is 11.6 Å². The van der Waals surface area contributed by atoms with Gasteiger partial charge in [0.15, 0.2) is 5.16 Å². The van der Waals surface area contributed by atoms with Crippen LogP contribution in [0.2, 0.25) is 5.02 Å². The van der Waals surface area contributed by atoms with E-state index in [1.54, 1.807) is 18.1 Å². The highest BCUT2D eigenvalue weighted by Gasteiger charge is 2.15. The van der Waals surface area contributed by atoms with E-state index in [1.807, 2.05) is 25.3 Å². The van der Waals surface area contributed by atoms with Crippen LogP contribution in [0.15, 0.2) is 66.3 Å². The Morgan fingerprint density at radius 1 is 1.09 bits per heavy atom. The number of para-hydroxylation sites is 1. The number of benzene rings is 2. The van der Waals surface area contributed by atoms with Gasteiger partial charge in [0.25, 0.3) is 0 Å². The van der Waals surface area contributed by atoms with Gasteiger partial charge < -0.3 is 14.5 Å². The molecule has 0 aliphatic heterocycles. The van der Waals surface area contributed by atoms with Gasteiger partial charge in [-0.15, -0.1) is 10.2 Å². The number of hydrogen-bond donors (Lipinski definition) is 2. The van der Waals surface area contributed by atoms with E-state index in [1.165, 1.54) is 16.5 Å². The zero-order chi connectivity index (χ0) is 22.6. The highest BCUT2D eigenvalue weighted by atomic mass is 35.5. The Bertz CT molecular complexity index is 1350. The standard InChI is InChI=1S/C25H25ClN6S/c1-17-8-9-18(11-22(17)26)15-33-25-31-30-24(32(25)10-4-5-20-14-27-16-29-20)12-19-13-28-23-7-3-2-6-21(19)23/h2-3,6-9,11,13-14,16,28H,4-5,10,12,15H2,1H3,(H,27,29). The molecule has 0 aliphatic rings. The second kappa shape index (κ2) is 9.85. The molecule has 3 aromatic heterocycles. The van der Waals surface area contributed by atoms with E-state index in [0.717, 1.165) is 64.3 Å². The molecule has 0 saturated heterocycles. The summed E-state index contributed by atoms with van der Waals surface area (Å²) in [5.41, 5.74) is 5.79. The third-order valence-corrected chi connectivity index (χ3v) is 7.25. The van der Waals surface area contributed by atoms with Crippen LogP contribution in [0.4, 0.5) is 0 Å². The van der Waals surface area contributed by atoms with Crippen molar-refractivity contribution in [3.8, 4) is 0 Å². The van der Waals surface area contributed by atoms with Crippen LogP contribution in [0.1, 0.15) is 34.6 Å². The highest BCUT2D eigenvalue weighted by Crippen LogP contribution is 2.27. The number of thioether (sulfide) groups is 1. The average Bonchev–Trinajstić information content (AvgIpc) is 3.57. The van der Waals surface area contributed by atoms with E-state index >= 15 is 0 Å². The van der Waals surface area contributed by atoms with Crippen LogP contribution in [-0.2, 0) is 25.1 Å². The smallest absolute Gasteiger partial charge is 0.191 e. The summed E-state index contributed by atoms with van der Waals surface area (Å²) in [6.07, 6.45) is 8.33. The summed E-state index contributed by atoms with van der Waals surface area (Å²) in [6, 6.07) is 14.6. The van der Waals surface area contributed by atoms with Crippen molar-refractivity contribution in [2.45, 2.75) is 43.6 Å². The van der Waals surface area contributed by atoms with Crippen molar-refractivity contribution in [3.05, 3.63) is 94.4 Å². The van der Waals surface area contributed by atoms with Gasteiger partial charge >= 0.3 is 0 Å². The number of imidazole rings is 1. The summed E-state index contributed by atoms with van der Waals surface area (Å²) in [5, 5.41) is 12.1. The molecule has 0 radical (unpaired) electrons. The van der Waals surface area contributed by atoms with Crippen LogP contribution in [-0.4, -0.2) is 29.7 Å². The number of fused-ring (bicyclic) bond motifs is 1. The van der Waals surface area contributed by atoms with Gasteiger partial charge in [0.05, 0.1) is 6.33 Å². The Hall–Kier alpha value is -3.03. The van der Waals surface area contributed by atoms with Crippen LogP contribution in [0, 0.1) is 6.92 Å². The first-order chi connectivity index (χ1) is 16.2. The molecule has 2 N–H and O–H groups in total. The van der Waals surface area contributed by atoms with Crippen LogP contribution < -0.4 is 0 Å². The van der Waals surface area contributed by atoms with Gasteiger partial charge in [-0.05, 0) is 48.6 Å². The van der Waals surface area contributed by atoms with Crippen LogP contribution in [0.5, 0.6) is 0 Å². The summed E-state index contributed by atoms with van der Waals surface area (Å²) in [5.74, 6) is 1.78. The number of aromatic nitrogens is 6. The Labute approximate surface area is 201 Å². The second-order valence-corrected chi connectivity index (χ2v) is 9.49. The number of nitrogens with zero attached hydrogens (tertiary/aromatic N) is 4. The number of aromatic amines is 2. The molecule has 0 saturated carbocycles. The monoisotopic (exact) mass is 476 g/mol. The summed E-state index contributed by atoms with van der Waals surface area (Å²) in [7, 11) is 0. The summed E-state index contributed by atoms with van der Waals surface area (Å²) < 4.78 is 2.26. The number of rotatable bonds is 9. The van der Waals surface area contributed by atoms with Gasteiger partial charge in [0.2, 0.25) is 0 Å². The van der Waals surface area contributed by atoms with E-state index in [0.29, 0.717) is 0 Å². The Morgan fingerprint density at radius 2 is 2.00 bits per heavy atom. The maximum absolute atomic E-state index is 6.32. The lowest BCUT2D eigenvalue weighted by Crippen LogP contribution is -2.07. The highest BCUT2D eigenvalue weighted by molar-refractivity contribution is 7.98. The van der Waals surface area contributed by atoms with E-state index in [9.17, 15) is 0 Å². The maximum Gasteiger partial charge on any atom is 0.191 e. The van der Waals surface area contributed by atoms with Gasteiger partial charge in [-0.25, -0.2) is 4.98 Å². The number of nitrogens with one attached hydrogen (secondary N) is 2. The lowest BCUT2D eigenvalue weighted by molar-refractivity contribution is 0.572. The van der Waals surface area contributed by atoms with Gasteiger partial charge in [0, 0.05) is 52.7 Å². The fraction of sp³-hybridized carbons (Fsp3) is 0.240. The molecule has 33 heavy (non-hydrogen) atoms. The topological polar surface area (TPSA) is 75.2 Å². The van der Waals surface area contributed by atoms with Crippen molar-refractivity contribution >= 4 is 34.3 Å². The predicted octanol–water partition coefficient (Wildman–Crippen LogP) is 5.96. The molecule has 8 heteroatoms. The summed E-state index contributed by atoms with van der Waals surface area (Å²) in [6.45, 7) is 2.87. The van der Waals surface area contributed by atoms with E-state index in [-0.39, 0.29) is 0 Å². The first-order valence-corrected chi connectivity index (χ1v) is 12.4. The molecule has 3 heterocycles. The normalized spacial score (nSPS) is 11.5. The molecule has 0 amide bonds. The van der Waals surface area contributed by atoms with Crippen LogP contribution in [0.3, 0.4) is 0 Å². The minimum absolute atomic E-state index is 0.734. The molecule has 0 unspecified atom stereocenters. The number of halogens is 1. The SMILES string of the molecule is Cc1ccc(CSc2nnc(Cc3c[nH]c4ccccc34)n2CCCc2cnc[nH]2)cc1Cl. The predicted molar refractivity (Wildman–Crippen MR) is 134 cm³/mol. The van der Waals surface area contributed by atoms with Gasteiger partial charge in [-0.2, -0.15) is 0 Å². The van der Waals surface area contributed by atoms with Crippen molar-refractivity contribution in [2.75, 3.05) is 0 Å². The maximum atomic E-state index is 6.32. The molecule has 2 aromatic carbocycles. The summed E-state index contributed by atoms with van der Waals surface area (Å²) >= 11 is 8.02. The van der Waals surface area contributed by atoms with Crippen molar-refractivity contribution in [1.82, 2.24) is 29.7 Å². The third-order valence-electron chi connectivity index (χ3n) is 5.80. The lowest BCUT2D eigenvalue weighted by atomic mass is 10.1. The number of hydrogen-bond acceptors (Lipinski definition) is 4. The minimum Gasteiger partial charge on any atom is -0.361 e. The zero-order valence-electron chi connectivity index (χ0n) is 18.4. The van der Waals surface area contributed by atoms with Crippen LogP contribution >= 0.6 is 23.4 Å². The van der Waals surface area contributed by atoms with Crippen molar-refractivity contribution in [1.29, 1.82) is 0 Å². The van der Waals surface area contributed by atoms with E-state index < -0.39 is 0 Å². The molecule has 0 spiro atoms. The molecule has 168 valence electrons. The molecule has 5 aromatic rings. The van der Waals surface area contributed by atoms with Crippen molar-refractivity contribution in [2.24, 2.45) is 0 Å². The zero-order valence-corrected chi connectivity index (χ0v) is 20.0. The third kappa shape index (κ3) is 4.99. The minimum atomic E-state index is 0.734. The number of H-pyrrole nitrogens is 2. The van der Waals surface area contributed by atoms with E-state index in [2.05, 4.69) is 66.2 Å². The fourth-order valence-corrected chi connectivity index (χ4v) is 5.08. The first-order valence-electron chi connectivity index (χ1n) is 11.0. The van der Waals surface area contributed by atoms with Crippen molar-refractivity contribution < 1.29 is 0 Å². The second-order valence-electron chi connectivity index (χ2n) is 8.14. The number of aryl methyl sites for hydroxylation is 2. The Balaban J connectivity index is 1.37. The first kappa shape index (κ1) is 21.8. The average molecular weight is 477 g/mol. The molecule has 0 fully saturated rings. The quantitative estimate of drug-likeness (QED) is 0.257. The molecule has 0 atom stereocenters. The van der Waals surface area contributed by atoms with Gasteiger partial charge in [-0.3, -0.25) is 0 Å². The molecule has 6 nitrogen and oxygen atoms in total. The molecular weight excluding hydrogens is 452 g/mol. The van der Waals surface area contributed by atoms with Gasteiger partial charge in [0.1, 0.15) is 5.82 Å². The largest absolute Gasteiger partial charge is 0.361 e. The molecular formula is C25H25ClN6S. The lowest BCUT2D eigenvalue weighted by Gasteiger charge is -2.10. The molecule has 5 rings (SSSR count). The van der Waals surface area contributed by atoms with Crippen molar-refractivity contribution in [3.63, 3.8) is 0 Å².